The first-order valence-electron chi connectivity index (χ1n) is 9.46. The first-order chi connectivity index (χ1) is 13.3. The average molecular weight is 347 g/mol. The molecule has 0 aliphatic rings. The molecule has 0 fully saturated rings. The molecule has 1 heterocycles. The number of hydrogen-bond donors (Lipinski definition) is 0. The minimum Gasteiger partial charge on any atom is -0.309 e. The zero-order valence-corrected chi connectivity index (χ0v) is 15.3. The van der Waals surface area contributed by atoms with E-state index in [-0.39, 0.29) is 0 Å². The summed E-state index contributed by atoms with van der Waals surface area (Å²) in [6.07, 6.45) is 0. The normalized spacial score (nSPS) is 12.5. The summed E-state index contributed by atoms with van der Waals surface area (Å²) in [7, 11) is 0. The zero-order valence-electron chi connectivity index (χ0n) is 15.3. The van der Waals surface area contributed by atoms with E-state index in [0.29, 0.717) is 5.92 Å². The molecule has 1 atom stereocenters. The summed E-state index contributed by atoms with van der Waals surface area (Å²) in [5.74, 6) is 0.387. The first-order valence-corrected chi connectivity index (χ1v) is 9.46. The quantitative estimate of drug-likeness (QED) is 0.333. The number of fused-ring (bicyclic) bond motifs is 3. The van der Waals surface area contributed by atoms with Crippen molar-refractivity contribution in [3.05, 3.63) is 114 Å². The molecule has 0 aliphatic heterocycles. The van der Waals surface area contributed by atoms with Gasteiger partial charge >= 0.3 is 0 Å². The molecule has 0 spiro atoms. The summed E-state index contributed by atoms with van der Waals surface area (Å²) in [6.45, 7) is 2.27. The van der Waals surface area contributed by atoms with Crippen molar-refractivity contribution in [2.45, 2.75) is 12.8 Å². The number of para-hydroxylation sites is 2. The molecule has 5 rings (SSSR count). The zero-order chi connectivity index (χ0) is 18.2. The van der Waals surface area contributed by atoms with Crippen LogP contribution in [0.2, 0.25) is 0 Å². The van der Waals surface area contributed by atoms with Gasteiger partial charge < -0.3 is 4.57 Å². The highest BCUT2D eigenvalue weighted by Gasteiger charge is 2.12. The number of rotatable bonds is 3. The third kappa shape index (κ3) is 2.63. The van der Waals surface area contributed by atoms with Gasteiger partial charge in [-0.25, -0.2) is 0 Å². The van der Waals surface area contributed by atoms with Crippen molar-refractivity contribution in [2.24, 2.45) is 0 Å². The Morgan fingerprint density at radius 2 is 1.00 bits per heavy atom. The monoisotopic (exact) mass is 347 g/mol. The minimum absolute atomic E-state index is 0.387. The predicted molar refractivity (Wildman–Crippen MR) is 115 cm³/mol. The van der Waals surface area contributed by atoms with Crippen LogP contribution in [-0.4, -0.2) is 4.57 Å². The van der Waals surface area contributed by atoms with Crippen molar-refractivity contribution < 1.29 is 0 Å². The van der Waals surface area contributed by atoms with E-state index >= 15 is 0 Å². The van der Waals surface area contributed by atoms with Crippen LogP contribution in [0.4, 0.5) is 0 Å². The Kier molecular flexibility index (Phi) is 3.79. The van der Waals surface area contributed by atoms with Crippen LogP contribution in [0.25, 0.3) is 27.5 Å². The first kappa shape index (κ1) is 15.9. The Morgan fingerprint density at radius 1 is 0.519 bits per heavy atom. The van der Waals surface area contributed by atoms with Gasteiger partial charge in [0.25, 0.3) is 0 Å². The fourth-order valence-corrected chi connectivity index (χ4v) is 4.05. The highest BCUT2D eigenvalue weighted by molar-refractivity contribution is 6.09. The molecule has 1 heteroatoms. The van der Waals surface area contributed by atoms with Crippen LogP contribution in [0, 0.1) is 0 Å². The second-order valence-electron chi connectivity index (χ2n) is 7.09. The van der Waals surface area contributed by atoms with Gasteiger partial charge in [0.05, 0.1) is 11.0 Å². The molecule has 0 saturated heterocycles. The van der Waals surface area contributed by atoms with E-state index in [2.05, 4.69) is 115 Å². The molecule has 1 aromatic heterocycles. The Morgan fingerprint density at radius 3 is 1.59 bits per heavy atom. The van der Waals surface area contributed by atoms with Crippen LogP contribution in [0.1, 0.15) is 24.0 Å². The number of nitrogens with zero attached hydrogens (tertiary/aromatic N) is 1. The van der Waals surface area contributed by atoms with Crippen molar-refractivity contribution in [1.82, 2.24) is 4.57 Å². The summed E-state index contributed by atoms with van der Waals surface area (Å²) in [4.78, 5) is 0. The van der Waals surface area contributed by atoms with Gasteiger partial charge in [0, 0.05) is 22.4 Å². The van der Waals surface area contributed by atoms with Gasteiger partial charge in [-0.15, -0.1) is 0 Å². The van der Waals surface area contributed by atoms with E-state index in [0.717, 1.165) is 0 Å². The molecular formula is C26H21N. The summed E-state index contributed by atoms with van der Waals surface area (Å²) in [5, 5.41) is 2.60. The van der Waals surface area contributed by atoms with Crippen LogP contribution in [0.3, 0.4) is 0 Å². The van der Waals surface area contributed by atoms with Crippen molar-refractivity contribution >= 4 is 21.8 Å². The van der Waals surface area contributed by atoms with Gasteiger partial charge in [0.15, 0.2) is 0 Å². The Balaban J connectivity index is 1.63. The highest BCUT2D eigenvalue weighted by Crippen LogP contribution is 2.32. The topological polar surface area (TPSA) is 4.93 Å². The van der Waals surface area contributed by atoms with E-state index in [4.69, 9.17) is 0 Å². The molecule has 0 N–H and O–H groups in total. The highest BCUT2D eigenvalue weighted by atomic mass is 15.0. The third-order valence-electron chi connectivity index (χ3n) is 5.53. The molecule has 4 aromatic carbocycles. The Labute approximate surface area is 159 Å². The van der Waals surface area contributed by atoms with Crippen molar-refractivity contribution in [1.29, 1.82) is 0 Å². The Bertz CT molecular complexity index is 1160. The molecule has 1 nitrogen and oxygen atoms in total. The molecule has 130 valence electrons. The maximum atomic E-state index is 2.36. The maximum absolute atomic E-state index is 2.36. The lowest BCUT2D eigenvalue weighted by atomic mass is 9.93. The fourth-order valence-electron chi connectivity index (χ4n) is 4.05. The van der Waals surface area contributed by atoms with Gasteiger partial charge in [-0.1, -0.05) is 85.8 Å². The largest absolute Gasteiger partial charge is 0.309 e. The van der Waals surface area contributed by atoms with Crippen LogP contribution in [-0.2, 0) is 0 Å². The molecule has 0 bridgehead atoms. The third-order valence-corrected chi connectivity index (χ3v) is 5.53. The van der Waals surface area contributed by atoms with Gasteiger partial charge in [-0.3, -0.25) is 0 Å². The van der Waals surface area contributed by atoms with E-state index in [1.165, 1.54) is 38.6 Å². The van der Waals surface area contributed by atoms with E-state index in [1.54, 1.807) is 0 Å². The molecule has 0 saturated carbocycles. The van der Waals surface area contributed by atoms with Crippen molar-refractivity contribution in [3.8, 4) is 5.69 Å². The number of aromatic nitrogens is 1. The summed E-state index contributed by atoms with van der Waals surface area (Å²) >= 11 is 0. The number of hydrogen-bond acceptors (Lipinski definition) is 0. The van der Waals surface area contributed by atoms with E-state index in [9.17, 15) is 0 Å². The van der Waals surface area contributed by atoms with Crippen LogP contribution >= 0.6 is 0 Å². The standard InChI is InChI=1S/C26H21N/c1-19(20-9-3-2-4-10-20)21-15-17-22(18-16-21)27-25-13-7-5-11-23(25)24-12-6-8-14-26(24)27/h2-19H,1H3/t19-/m1/s1. The Hall–Kier alpha value is -3.32. The molecule has 27 heavy (non-hydrogen) atoms. The van der Waals surface area contributed by atoms with E-state index in [1.807, 2.05) is 0 Å². The smallest absolute Gasteiger partial charge is 0.0541 e. The van der Waals surface area contributed by atoms with Gasteiger partial charge in [-0.2, -0.15) is 0 Å². The van der Waals surface area contributed by atoms with Crippen molar-refractivity contribution in [2.75, 3.05) is 0 Å². The summed E-state index contributed by atoms with van der Waals surface area (Å²) < 4.78 is 2.36. The fraction of sp³-hybridized carbons (Fsp3) is 0.0769. The minimum atomic E-state index is 0.387. The molecule has 0 amide bonds. The van der Waals surface area contributed by atoms with Crippen LogP contribution < -0.4 is 0 Å². The second kappa shape index (κ2) is 6.44. The second-order valence-corrected chi connectivity index (χ2v) is 7.09. The summed E-state index contributed by atoms with van der Waals surface area (Å²) in [5.41, 5.74) is 6.40. The summed E-state index contributed by atoms with van der Waals surface area (Å²) in [6, 6.07) is 37.0. The lowest BCUT2D eigenvalue weighted by molar-refractivity contribution is 0.921. The SMILES string of the molecule is C[C@H](c1ccccc1)c1ccc(-n2c3ccccc3c3ccccc32)cc1. The van der Waals surface area contributed by atoms with Gasteiger partial charge in [0.2, 0.25) is 0 Å². The maximum Gasteiger partial charge on any atom is 0.0541 e. The lowest BCUT2D eigenvalue weighted by Gasteiger charge is -2.14. The molecular weight excluding hydrogens is 326 g/mol. The average Bonchev–Trinajstić information content (AvgIpc) is 3.08. The molecule has 0 unspecified atom stereocenters. The van der Waals surface area contributed by atoms with Gasteiger partial charge in [-0.05, 0) is 35.4 Å². The molecule has 0 radical (unpaired) electrons. The van der Waals surface area contributed by atoms with Crippen LogP contribution in [0.15, 0.2) is 103 Å². The lowest BCUT2D eigenvalue weighted by Crippen LogP contribution is -1.98. The van der Waals surface area contributed by atoms with E-state index < -0.39 is 0 Å². The predicted octanol–water partition coefficient (Wildman–Crippen LogP) is 6.94. The van der Waals surface area contributed by atoms with Gasteiger partial charge in [0.1, 0.15) is 0 Å². The van der Waals surface area contributed by atoms with Crippen LogP contribution in [0.5, 0.6) is 0 Å². The number of benzene rings is 4. The molecule has 5 aromatic rings. The van der Waals surface area contributed by atoms with Crippen molar-refractivity contribution in [3.63, 3.8) is 0 Å². The molecule has 0 aliphatic carbocycles.